The number of hydrogen-bond acceptors (Lipinski definition) is 1. The predicted molar refractivity (Wildman–Crippen MR) is 113 cm³/mol. The number of alkyl halides is 6. The zero-order valence-electron chi connectivity index (χ0n) is 18.3. The molecule has 2 aromatic rings. The molecule has 7 heteroatoms. The first kappa shape index (κ1) is 24.6. The van der Waals surface area contributed by atoms with Gasteiger partial charge in [0, 0.05) is 12.1 Å². The number of nitrogens with zero attached hydrogens (tertiary/aromatic N) is 1. The van der Waals surface area contributed by atoms with Crippen molar-refractivity contribution in [3.05, 3.63) is 70.8 Å². The minimum Gasteiger partial charge on any atom is -0.289 e. The van der Waals surface area contributed by atoms with Crippen LogP contribution in [-0.4, -0.2) is 11.4 Å². The summed E-state index contributed by atoms with van der Waals surface area (Å²) in [6, 6.07) is 10.5. The van der Waals surface area contributed by atoms with Gasteiger partial charge in [0.2, 0.25) is 0 Å². The fraction of sp³-hybridized carbons (Fsp3) is 0.520. The van der Waals surface area contributed by atoms with Crippen molar-refractivity contribution in [3.8, 4) is 0 Å². The molecule has 2 atom stereocenters. The first-order valence-corrected chi connectivity index (χ1v) is 11.1. The summed E-state index contributed by atoms with van der Waals surface area (Å²) in [6.07, 6.45) is -4.36. The average molecular weight is 458 g/mol. The van der Waals surface area contributed by atoms with Crippen molar-refractivity contribution in [2.45, 2.75) is 70.4 Å². The fourth-order valence-corrected chi connectivity index (χ4v) is 4.49. The van der Waals surface area contributed by atoms with Gasteiger partial charge in [0.05, 0.1) is 11.1 Å². The quantitative estimate of drug-likeness (QED) is 0.394. The molecule has 0 radical (unpaired) electrons. The van der Waals surface area contributed by atoms with Crippen LogP contribution in [0.3, 0.4) is 0 Å². The summed E-state index contributed by atoms with van der Waals surface area (Å²) in [5.74, 6) is 0.432. The Hall–Kier alpha value is -2.02. The molecule has 0 aromatic heterocycles. The molecular weight excluding hydrogens is 428 g/mol. The van der Waals surface area contributed by atoms with Crippen LogP contribution in [0.25, 0.3) is 0 Å². The van der Waals surface area contributed by atoms with Crippen molar-refractivity contribution in [3.63, 3.8) is 0 Å². The van der Waals surface area contributed by atoms with E-state index in [0.29, 0.717) is 5.92 Å². The van der Waals surface area contributed by atoms with Gasteiger partial charge in [-0.3, -0.25) is 4.90 Å². The lowest BCUT2D eigenvalue weighted by Crippen LogP contribution is -2.37. The highest BCUT2D eigenvalue weighted by atomic mass is 19.4. The summed E-state index contributed by atoms with van der Waals surface area (Å²) >= 11 is 0. The second-order valence-corrected chi connectivity index (χ2v) is 8.98. The number of piperidine rings is 1. The Morgan fingerprint density at radius 1 is 0.781 bits per heavy atom. The van der Waals surface area contributed by atoms with E-state index in [4.69, 9.17) is 0 Å². The highest BCUT2D eigenvalue weighted by Gasteiger charge is 2.34. The molecule has 32 heavy (non-hydrogen) atoms. The lowest BCUT2D eigenvalue weighted by Gasteiger charge is -2.42. The van der Waals surface area contributed by atoms with Gasteiger partial charge >= 0.3 is 12.4 Å². The highest BCUT2D eigenvalue weighted by Crippen LogP contribution is 2.41. The average Bonchev–Trinajstić information content (AvgIpc) is 2.73. The molecule has 3 rings (SSSR count). The summed E-state index contributed by atoms with van der Waals surface area (Å²) in [6.45, 7) is 4.97. The molecule has 1 fully saturated rings. The van der Waals surface area contributed by atoms with Gasteiger partial charge in [-0.1, -0.05) is 44.5 Å². The van der Waals surface area contributed by atoms with Crippen molar-refractivity contribution >= 4 is 0 Å². The van der Waals surface area contributed by atoms with E-state index < -0.39 is 23.5 Å². The van der Waals surface area contributed by atoms with E-state index in [2.05, 4.69) is 18.7 Å². The minimum atomic E-state index is -4.39. The molecule has 1 aliphatic rings. The van der Waals surface area contributed by atoms with Crippen LogP contribution in [0.1, 0.15) is 80.3 Å². The maximum absolute atomic E-state index is 13.0. The van der Waals surface area contributed by atoms with Gasteiger partial charge in [0.25, 0.3) is 0 Å². The molecule has 0 saturated carbocycles. The van der Waals surface area contributed by atoms with Crippen molar-refractivity contribution in [1.82, 2.24) is 4.90 Å². The molecule has 0 amide bonds. The highest BCUT2D eigenvalue weighted by molar-refractivity contribution is 5.30. The summed E-state index contributed by atoms with van der Waals surface area (Å²) in [5.41, 5.74) is 0.279. The molecule has 1 nitrogen and oxygen atoms in total. The lowest BCUT2D eigenvalue weighted by atomic mass is 9.88. The molecule has 1 aliphatic heterocycles. The third-order valence-electron chi connectivity index (χ3n) is 6.21. The number of rotatable bonds is 6. The SMILES string of the molecule is CC(C)CC[C@H](c1ccc(C(F)(F)F)cc1)N1CCCC[C@H]1c1ccc(C(F)(F)F)cc1. The van der Waals surface area contributed by atoms with Crippen LogP contribution in [0.15, 0.2) is 48.5 Å². The van der Waals surface area contributed by atoms with E-state index in [-0.39, 0.29) is 12.1 Å². The van der Waals surface area contributed by atoms with E-state index in [1.54, 1.807) is 12.1 Å². The Bertz CT molecular complexity index is 852. The van der Waals surface area contributed by atoms with E-state index in [1.165, 1.54) is 12.1 Å². The standard InChI is InChI=1S/C25H29F6N/c1-17(2)6-15-23(19-9-13-21(14-10-19)25(29,30)31)32-16-4-3-5-22(32)18-7-11-20(12-8-18)24(26,27)28/h7-14,17,22-23H,3-6,15-16H2,1-2H3/t22-,23+/m0/s1. The minimum absolute atomic E-state index is 0.0644. The van der Waals surface area contributed by atoms with Gasteiger partial charge in [0.15, 0.2) is 0 Å². The summed E-state index contributed by atoms with van der Waals surface area (Å²) in [5, 5.41) is 0. The smallest absolute Gasteiger partial charge is 0.289 e. The molecule has 2 aromatic carbocycles. The normalized spacial score (nSPS) is 19.3. The van der Waals surface area contributed by atoms with Crippen LogP contribution >= 0.6 is 0 Å². The first-order valence-electron chi connectivity index (χ1n) is 11.1. The lowest BCUT2D eigenvalue weighted by molar-refractivity contribution is -0.138. The zero-order chi connectivity index (χ0) is 23.5. The van der Waals surface area contributed by atoms with E-state index in [9.17, 15) is 26.3 Å². The monoisotopic (exact) mass is 457 g/mol. The van der Waals surface area contributed by atoms with Crippen molar-refractivity contribution in [1.29, 1.82) is 0 Å². The number of likely N-dealkylation sites (tertiary alicyclic amines) is 1. The topological polar surface area (TPSA) is 3.24 Å². The third-order valence-corrected chi connectivity index (χ3v) is 6.21. The van der Waals surface area contributed by atoms with E-state index in [1.807, 2.05) is 0 Å². The Kier molecular flexibility index (Phi) is 7.58. The van der Waals surface area contributed by atoms with E-state index >= 15 is 0 Å². The van der Waals surface area contributed by atoms with Crippen molar-refractivity contribution in [2.75, 3.05) is 6.54 Å². The predicted octanol–water partition coefficient (Wildman–Crippen LogP) is 8.43. The molecule has 0 N–H and O–H groups in total. The molecule has 1 saturated heterocycles. The van der Waals surface area contributed by atoms with Crippen LogP contribution in [0.4, 0.5) is 26.3 Å². The fourth-order valence-electron chi connectivity index (χ4n) is 4.49. The molecular formula is C25H29F6N. The molecule has 0 unspecified atom stereocenters. The van der Waals surface area contributed by atoms with E-state index in [0.717, 1.165) is 74.0 Å². The van der Waals surface area contributed by atoms with Gasteiger partial charge in [-0.2, -0.15) is 26.3 Å². The Balaban J connectivity index is 1.92. The molecule has 0 aliphatic carbocycles. The molecule has 1 heterocycles. The van der Waals surface area contributed by atoms with Crippen LogP contribution in [-0.2, 0) is 12.4 Å². The number of hydrogen-bond donors (Lipinski definition) is 0. The van der Waals surface area contributed by atoms with Gasteiger partial charge in [-0.05, 0) is 73.5 Å². The Labute approximate surface area is 185 Å². The van der Waals surface area contributed by atoms with Gasteiger partial charge in [-0.25, -0.2) is 0 Å². The second-order valence-electron chi connectivity index (χ2n) is 8.98. The Morgan fingerprint density at radius 2 is 1.31 bits per heavy atom. The molecule has 176 valence electrons. The third kappa shape index (κ3) is 6.06. The largest absolute Gasteiger partial charge is 0.416 e. The molecule has 0 bridgehead atoms. The summed E-state index contributed by atoms with van der Waals surface area (Å²) in [7, 11) is 0. The Morgan fingerprint density at radius 3 is 1.81 bits per heavy atom. The molecule has 0 spiro atoms. The van der Waals surface area contributed by atoms with Crippen LogP contribution in [0.2, 0.25) is 0 Å². The summed E-state index contributed by atoms with van der Waals surface area (Å²) < 4.78 is 78.1. The number of benzene rings is 2. The zero-order valence-corrected chi connectivity index (χ0v) is 18.3. The first-order chi connectivity index (χ1) is 15.0. The van der Waals surface area contributed by atoms with Crippen LogP contribution in [0.5, 0.6) is 0 Å². The summed E-state index contributed by atoms with van der Waals surface area (Å²) in [4.78, 5) is 2.27. The number of halogens is 6. The second kappa shape index (κ2) is 9.86. The van der Waals surface area contributed by atoms with Gasteiger partial charge in [-0.15, -0.1) is 0 Å². The maximum Gasteiger partial charge on any atom is 0.416 e. The maximum atomic E-state index is 13.0. The van der Waals surface area contributed by atoms with Crippen LogP contribution in [0, 0.1) is 5.92 Å². The van der Waals surface area contributed by atoms with Crippen LogP contribution < -0.4 is 0 Å². The van der Waals surface area contributed by atoms with Crippen molar-refractivity contribution in [2.24, 2.45) is 5.92 Å². The van der Waals surface area contributed by atoms with Crippen molar-refractivity contribution < 1.29 is 26.3 Å². The van der Waals surface area contributed by atoms with Gasteiger partial charge in [0.1, 0.15) is 0 Å². The van der Waals surface area contributed by atoms with Gasteiger partial charge < -0.3 is 0 Å².